The van der Waals surface area contributed by atoms with Crippen molar-refractivity contribution >= 4 is 5.97 Å². The van der Waals surface area contributed by atoms with Gasteiger partial charge in [-0.2, -0.15) is 0 Å². The van der Waals surface area contributed by atoms with Crippen LogP contribution in [0.5, 0.6) is 0 Å². The van der Waals surface area contributed by atoms with Gasteiger partial charge < -0.3 is 4.74 Å². The molecule has 4 heteroatoms. The molecule has 0 saturated carbocycles. The lowest BCUT2D eigenvalue weighted by Crippen LogP contribution is -2.09. The van der Waals surface area contributed by atoms with Crippen LogP contribution in [-0.2, 0) is 22.4 Å². The van der Waals surface area contributed by atoms with Gasteiger partial charge in [-0.3, -0.25) is 4.79 Å². The van der Waals surface area contributed by atoms with Gasteiger partial charge in [0.15, 0.2) is 0 Å². The van der Waals surface area contributed by atoms with E-state index in [2.05, 4.69) is 14.7 Å². The highest BCUT2D eigenvalue weighted by molar-refractivity contribution is 5.71. The highest BCUT2D eigenvalue weighted by Gasteiger charge is 2.07. The summed E-state index contributed by atoms with van der Waals surface area (Å²) in [5.41, 5.74) is 1.84. The molecule has 0 bridgehead atoms. The Morgan fingerprint density at radius 1 is 1.50 bits per heavy atom. The van der Waals surface area contributed by atoms with E-state index in [1.165, 1.54) is 7.11 Å². The number of carbonyl (C=O) groups excluding carboxylic acids is 1. The molecular formula is C10H14N2O2. The number of esters is 1. The van der Waals surface area contributed by atoms with Gasteiger partial charge in [-0.05, 0) is 19.4 Å². The number of aromatic nitrogens is 2. The van der Waals surface area contributed by atoms with E-state index in [9.17, 15) is 4.79 Å². The predicted molar refractivity (Wildman–Crippen MR) is 51.9 cm³/mol. The van der Waals surface area contributed by atoms with Crippen molar-refractivity contribution < 1.29 is 9.53 Å². The maximum absolute atomic E-state index is 11.0. The van der Waals surface area contributed by atoms with E-state index in [-0.39, 0.29) is 12.4 Å². The van der Waals surface area contributed by atoms with Gasteiger partial charge in [0, 0.05) is 11.4 Å². The molecule has 0 unspecified atom stereocenters. The molecule has 14 heavy (non-hydrogen) atoms. The smallest absolute Gasteiger partial charge is 0.313 e. The summed E-state index contributed by atoms with van der Waals surface area (Å²) in [7, 11) is 1.36. The van der Waals surface area contributed by atoms with Crippen molar-refractivity contribution in [1.82, 2.24) is 9.97 Å². The molecule has 76 valence electrons. The fourth-order valence-electron chi connectivity index (χ4n) is 1.16. The van der Waals surface area contributed by atoms with E-state index >= 15 is 0 Å². The minimum absolute atomic E-state index is 0.144. The average molecular weight is 194 g/mol. The highest BCUT2D eigenvalue weighted by atomic mass is 16.5. The first kappa shape index (κ1) is 10.6. The summed E-state index contributed by atoms with van der Waals surface area (Å²) in [5.74, 6) is 0.228. The van der Waals surface area contributed by atoms with Crippen LogP contribution < -0.4 is 0 Å². The van der Waals surface area contributed by atoms with Crippen LogP contribution >= 0.6 is 0 Å². The third-order valence-corrected chi connectivity index (χ3v) is 1.85. The zero-order chi connectivity index (χ0) is 10.6. The molecule has 4 nitrogen and oxygen atoms in total. The third kappa shape index (κ3) is 2.80. The van der Waals surface area contributed by atoms with Crippen LogP contribution in [0.4, 0.5) is 0 Å². The number of methoxy groups -OCH3 is 1. The molecule has 1 heterocycles. The second kappa shape index (κ2) is 4.69. The van der Waals surface area contributed by atoms with Crippen molar-refractivity contribution in [3.8, 4) is 0 Å². The van der Waals surface area contributed by atoms with Gasteiger partial charge >= 0.3 is 5.97 Å². The standard InChI is InChI=1S/C10H14N2O2/c1-4-8-5-7(2)11-9(12-8)6-10(13)14-3/h5H,4,6H2,1-3H3. The Hall–Kier alpha value is -1.45. The van der Waals surface area contributed by atoms with E-state index in [4.69, 9.17) is 0 Å². The van der Waals surface area contributed by atoms with Gasteiger partial charge in [-0.1, -0.05) is 6.92 Å². The van der Waals surface area contributed by atoms with Crippen LogP contribution in [0.1, 0.15) is 24.1 Å². The highest BCUT2D eigenvalue weighted by Crippen LogP contribution is 2.02. The number of nitrogens with zero attached hydrogens (tertiary/aromatic N) is 2. The van der Waals surface area contributed by atoms with Gasteiger partial charge in [0.2, 0.25) is 0 Å². The van der Waals surface area contributed by atoms with Crippen LogP contribution in [0.15, 0.2) is 6.07 Å². The van der Waals surface area contributed by atoms with Crippen molar-refractivity contribution in [1.29, 1.82) is 0 Å². The van der Waals surface area contributed by atoms with Crippen molar-refractivity contribution in [2.45, 2.75) is 26.7 Å². The summed E-state index contributed by atoms with van der Waals surface area (Å²) in [5, 5.41) is 0. The fourth-order valence-corrected chi connectivity index (χ4v) is 1.16. The van der Waals surface area contributed by atoms with E-state index < -0.39 is 0 Å². The minimum Gasteiger partial charge on any atom is -0.469 e. The Labute approximate surface area is 83.3 Å². The van der Waals surface area contributed by atoms with Crippen molar-refractivity contribution in [2.75, 3.05) is 7.11 Å². The Morgan fingerprint density at radius 2 is 2.21 bits per heavy atom. The summed E-state index contributed by atoms with van der Waals surface area (Å²) in [4.78, 5) is 19.4. The van der Waals surface area contributed by atoms with E-state index in [0.717, 1.165) is 17.8 Å². The SMILES string of the molecule is CCc1cc(C)nc(CC(=O)OC)n1. The van der Waals surface area contributed by atoms with E-state index in [0.29, 0.717) is 5.82 Å². The Kier molecular flexibility index (Phi) is 3.56. The van der Waals surface area contributed by atoms with Crippen LogP contribution in [-0.4, -0.2) is 23.0 Å². The fraction of sp³-hybridized carbons (Fsp3) is 0.500. The number of hydrogen-bond donors (Lipinski definition) is 0. The number of hydrogen-bond acceptors (Lipinski definition) is 4. The first-order valence-corrected chi connectivity index (χ1v) is 4.56. The molecule has 0 aliphatic carbocycles. The molecule has 0 amide bonds. The number of aryl methyl sites for hydroxylation is 2. The van der Waals surface area contributed by atoms with Gasteiger partial charge in [-0.25, -0.2) is 9.97 Å². The van der Waals surface area contributed by atoms with Crippen LogP contribution in [0, 0.1) is 6.92 Å². The number of ether oxygens (including phenoxy) is 1. The van der Waals surface area contributed by atoms with Crippen molar-refractivity contribution in [3.63, 3.8) is 0 Å². The zero-order valence-corrected chi connectivity index (χ0v) is 8.70. The van der Waals surface area contributed by atoms with Crippen LogP contribution in [0.25, 0.3) is 0 Å². The topological polar surface area (TPSA) is 52.1 Å². The Morgan fingerprint density at radius 3 is 2.79 bits per heavy atom. The number of carbonyl (C=O) groups is 1. The first-order chi connectivity index (χ1) is 6.65. The van der Waals surface area contributed by atoms with Crippen molar-refractivity contribution in [2.24, 2.45) is 0 Å². The van der Waals surface area contributed by atoms with E-state index in [1.807, 2.05) is 19.9 Å². The number of rotatable bonds is 3. The lowest BCUT2D eigenvalue weighted by Gasteiger charge is -2.03. The molecule has 0 spiro atoms. The van der Waals surface area contributed by atoms with Gasteiger partial charge in [0.05, 0.1) is 7.11 Å². The largest absolute Gasteiger partial charge is 0.469 e. The van der Waals surface area contributed by atoms with Gasteiger partial charge in [0.1, 0.15) is 12.2 Å². The molecule has 0 saturated heterocycles. The summed E-state index contributed by atoms with van der Waals surface area (Å²) in [6.45, 7) is 3.91. The van der Waals surface area contributed by atoms with Gasteiger partial charge in [0.25, 0.3) is 0 Å². The minimum atomic E-state index is -0.308. The zero-order valence-electron chi connectivity index (χ0n) is 8.70. The maximum atomic E-state index is 11.0. The van der Waals surface area contributed by atoms with Crippen LogP contribution in [0.3, 0.4) is 0 Å². The Bertz CT molecular complexity index is 337. The normalized spacial score (nSPS) is 9.93. The molecular weight excluding hydrogens is 180 g/mol. The lowest BCUT2D eigenvalue weighted by atomic mass is 10.2. The molecule has 1 aromatic rings. The summed E-state index contributed by atoms with van der Waals surface area (Å²) >= 11 is 0. The summed E-state index contributed by atoms with van der Waals surface area (Å²) in [6.07, 6.45) is 0.989. The maximum Gasteiger partial charge on any atom is 0.313 e. The Balaban J connectivity index is 2.86. The third-order valence-electron chi connectivity index (χ3n) is 1.85. The van der Waals surface area contributed by atoms with Crippen LogP contribution in [0.2, 0.25) is 0 Å². The molecule has 0 atom stereocenters. The second-order valence-electron chi connectivity index (χ2n) is 3.02. The monoisotopic (exact) mass is 194 g/mol. The lowest BCUT2D eigenvalue weighted by molar-refractivity contribution is -0.139. The summed E-state index contributed by atoms with van der Waals surface area (Å²) in [6, 6.07) is 1.92. The molecule has 1 aromatic heterocycles. The average Bonchev–Trinajstić information content (AvgIpc) is 2.16. The molecule has 0 aliphatic heterocycles. The second-order valence-corrected chi connectivity index (χ2v) is 3.02. The molecule has 0 fully saturated rings. The molecule has 1 rings (SSSR count). The summed E-state index contributed by atoms with van der Waals surface area (Å²) < 4.78 is 4.55. The van der Waals surface area contributed by atoms with Gasteiger partial charge in [-0.15, -0.1) is 0 Å². The quantitative estimate of drug-likeness (QED) is 0.675. The molecule has 0 radical (unpaired) electrons. The van der Waals surface area contributed by atoms with E-state index in [1.54, 1.807) is 0 Å². The van der Waals surface area contributed by atoms with Crippen molar-refractivity contribution in [3.05, 3.63) is 23.3 Å². The molecule has 0 aliphatic rings. The molecule has 0 aromatic carbocycles. The predicted octanol–water partition coefficient (Wildman–Crippen LogP) is 1.06. The first-order valence-electron chi connectivity index (χ1n) is 4.56. The molecule has 0 N–H and O–H groups in total.